The normalized spacial score (nSPS) is 9.56. The zero-order valence-corrected chi connectivity index (χ0v) is 21.7. The van der Waals surface area contributed by atoms with Gasteiger partial charge in [-0.15, -0.1) is 0 Å². The molecule has 32 heavy (non-hydrogen) atoms. The molecule has 0 fully saturated rings. The molecule has 0 heterocycles. The number of nitrogens with two attached hydrogens (primary N) is 2. The van der Waals surface area contributed by atoms with Crippen LogP contribution in [0.4, 0.5) is 11.4 Å². The first-order valence-electron chi connectivity index (χ1n) is 9.62. The number of phenols is 2. The van der Waals surface area contributed by atoms with Crippen molar-refractivity contribution in [1.29, 1.82) is 0 Å². The first kappa shape index (κ1) is 27.7. The molecule has 0 aliphatic heterocycles. The molecule has 3 aromatic carbocycles. The van der Waals surface area contributed by atoms with Crippen LogP contribution < -0.4 is 11.5 Å². The summed E-state index contributed by atoms with van der Waals surface area (Å²) in [7, 11) is 0. The average molecular weight is 660 g/mol. The lowest BCUT2D eigenvalue weighted by Crippen LogP contribution is -1.91. The Morgan fingerprint density at radius 1 is 0.688 bits per heavy atom. The molecular weight excluding hydrogens is 634 g/mol. The van der Waals surface area contributed by atoms with Crippen molar-refractivity contribution in [2.75, 3.05) is 20.3 Å². The fourth-order valence-corrected chi connectivity index (χ4v) is 3.68. The number of carbonyl (C=O) groups excluding carboxylic acids is 2. The summed E-state index contributed by atoms with van der Waals surface area (Å²) in [6.45, 7) is 0. The van der Waals surface area contributed by atoms with Crippen molar-refractivity contribution in [1.82, 2.24) is 0 Å². The van der Waals surface area contributed by atoms with Gasteiger partial charge in [0.2, 0.25) is 0 Å². The third-order valence-corrected chi connectivity index (χ3v) is 5.28. The van der Waals surface area contributed by atoms with E-state index in [1.54, 1.807) is 36.4 Å². The standard InChI is InChI=1S/2C9H9IO2.C6H8N2/c2*10-4-3-7-1-2-9(12)8(5-7)6-11;7-5-3-1-2-4-6(5)8/h2*1-2,5-6,12H,3-4H2;1-4H,7-8H2. The molecule has 3 aromatic rings. The molecule has 0 aliphatic carbocycles. The molecule has 0 saturated carbocycles. The Kier molecular flexibility index (Phi) is 13.4. The third kappa shape index (κ3) is 9.86. The molecular formula is C24H26I2N2O4. The Labute approximate surface area is 215 Å². The van der Waals surface area contributed by atoms with E-state index in [0.29, 0.717) is 35.1 Å². The van der Waals surface area contributed by atoms with Gasteiger partial charge in [-0.05, 0) is 60.4 Å². The Morgan fingerprint density at radius 3 is 1.34 bits per heavy atom. The number of aldehydes is 2. The van der Waals surface area contributed by atoms with Crippen LogP contribution in [-0.2, 0) is 12.8 Å². The Morgan fingerprint density at radius 2 is 1.06 bits per heavy atom. The van der Waals surface area contributed by atoms with Gasteiger partial charge in [-0.3, -0.25) is 9.59 Å². The number of carbonyl (C=O) groups is 2. The van der Waals surface area contributed by atoms with Gasteiger partial charge in [-0.2, -0.15) is 0 Å². The summed E-state index contributed by atoms with van der Waals surface area (Å²) in [6.07, 6.45) is 3.21. The number of benzene rings is 3. The van der Waals surface area contributed by atoms with Gasteiger partial charge in [-0.1, -0.05) is 69.4 Å². The minimum absolute atomic E-state index is 0.0576. The van der Waals surface area contributed by atoms with E-state index in [0.717, 1.165) is 32.8 Å². The van der Waals surface area contributed by atoms with Gasteiger partial charge >= 0.3 is 0 Å². The Bertz CT molecular complexity index is 933. The van der Waals surface area contributed by atoms with Crippen molar-refractivity contribution in [2.24, 2.45) is 0 Å². The van der Waals surface area contributed by atoms with Crippen LogP contribution in [0.3, 0.4) is 0 Å². The zero-order valence-electron chi connectivity index (χ0n) is 17.4. The van der Waals surface area contributed by atoms with Gasteiger partial charge in [0, 0.05) is 8.86 Å². The van der Waals surface area contributed by atoms with Crippen LogP contribution in [0, 0.1) is 0 Å². The third-order valence-electron chi connectivity index (χ3n) is 4.20. The number of halogens is 2. The first-order chi connectivity index (χ1) is 15.4. The van der Waals surface area contributed by atoms with E-state index in [9.17, 15) is 19.8 Å². The van der Waals surface area contributed by atoms with Gasteiger partial charge in [-0.25, -0.2) is 0 Å². The first-order valence-corrected chi connectivity index (χ1v) is 12.7. The largest absolute Gasteiger partial charge is 0.507 e. The fourth-order valence-electron chi connectivity index (χ4n) is 2.44. The second kappa shape index (κ2) is 15.5. The number of alkyl halides is 2. The second-order valence-corrected chi connectivity index (χ2v) is 8.69. The molecule has 0 radical (unpaired) electrons. The van der Waals surface area contributed by atoms with Crippen molar-refractivity contribution >= 4 is 69.1 Å². The minimum Gasteiger partial charge on any atom is -0.507 e. The molecule has 0 saturated heterocycles. The van der Waals surface area contributed by atoms with Gasteiger partial charge in [0.1, 0.15) is 11.5 Å². The molecule has 0 amide bonds. The average Bonchev–Trinajstić information content (AvgIpc) is 2.79. The van der Waals surface area contributed by atoms with E-state index in [1.807, 2.05) is 24.3 Å². The van der Waals surface area contributed by atoms with Gasteiger partial charge in [0.05, 0.1) is 22.5 Å². The quantitative estimate of drug-likeness (QED) is 0.125. The molecule has 0 bridgehead atoms. The number of hydrogen-bond acceptors (Lipinski definition) is 6. The summed E-state index contributed by atoms with van der Waals surface area (Å²) in [5.41, 5.74) is 15.0. The number of nitrogen functional groups attached to an aromatic ring is 2. The van der Waals surface area contributed by atoms with Crippen molar-refractivity contribution < 1.29 is 19.8 Å². The van der Waals surface area contributed by atoms with E-state index in [-0.39, 0.29) is 11.5 Å². The lowest BCUT2D eigenvalue weighted by atomic mass is 10.1. The number of hydrogen-bond donors (Lipinski definition) is 4. The molecule has 0 atom stereocenters. The molecule has 8 heteroatoms. The van der Waals surface area contributed by atoms with Crippen LogP contribution >= 0.6 is 45.2 Å². The van der Waals surface area contributed by atoms with Crippen LogP contribution in [0.25, 0.3) is 0 Å². The van der Waals surface area contributed by atoms with E-state index in [1.165, 1.54) is 0 Å². The fraction of sp³-hybridized carbons (Fsp3) is 0.167. The predicted molar refractivity (Wildman–Crippen MR) is 147 cm³/mol. The maximum Gasteiger partial charge on any atom is 0.153 e. The summed E-state index contributed by atoms with van der Waals surface area (Å²) < 4.78 is 2.03. The minimum atomic E-state index is 0.0576. The molecule has 0 aromatic heterocycles. The highest BCUT2D eigenvalue weighted by atomic mass is 127. The zero-order chi connectivity index (χ0) is 23.9. The highest BCUT2D eigenvalue weighted by Crippen LogP contribution is 2.18. The summed E-state index contributed by atoms with van der Waals surface area (Å²) >= 11 is 4.55. The maximum atomic E-state index is 10.4. The second-order valence-electron chi connectivity index (χ2n) is 6.53. The molecule has 6 N–H and O–H groups in total. The van der Waals surface area contributed by atoms with Crippen LogP contribution in [0.2, 0.25) is 0 Å². The number of anilines is 2. The summed E-state index contributed by atoms with van der Waals surface area (Å²) in [5, 5.41) is 18.3. The van der Waals surface area contributed by atoms with Gasteiger partial charge in [0.15, 0.2) is 12.6 Å². The van der Waals surface area contributed by atoms with Crippen molar-refractivity contribution in [3.8, 4) is 11.5 Å². The van der Waals surface area contributed by atoms with Crippen molar-refractivity contribution in [3.63, 3.8) is 0 Å². The number of phenolic OH excluding ortho intramolecular Hbond substituents is 2. The topological polar surface area (TPSA) is 127 Å². The predicted octanol–water partition coefficient (Wildman–Crippen LogP) is 5.22. The van der Waals surface area contributed by atoms with Crippen LogP contribution in [0.15, 0.2) is 60.7 Å². The van der Waals surface area contributed by atoms with Crippen molar-refractivity contribution in [2.45, 2.75) is 12.8 Å². The molecule has 0 aliphatic rings. The lowest BCUT2D eigenvalue weighted by Gasteiger charge is -2.00. The number of aromatic hydroxyl groups is 2. The van der Waals surface area contributed by atoms with Crippen LogP contribution in [0.1, 0.15) is 31.8 Å². The summed E-state index contributed by atoms with van der Waals surface area (Å²) in [5.74, 6) is 0.115. The molecule has 170 valence electrons. The van der Waals surface area contributed by atoms with Gasteiger partial charge in [0.25, 0.3) is 0 Å². The highest BCUT2D eigenvalue weighted by molar-refractivity contribution is 14.1. The highest BCUT2D eigenvalue weighted by Gasteiger charge is 2.01. The molecule has 0 unspecified atom stereocenters. The lowest BCUT2D eigenvalue weighted by molar-refractivity contribution is 0.111. The van der Waals surface area contributed by atoms with E-state index < -0.39 is 0 Å². The summed E-state index contributed by atoms with van der Waals surface area (Å²) in [6, 6.07) is 17.5. The SMILES string of the molecule is Nc1ccccc1N.O=Cc1cc(CCI)ccc1O.O=Cc1cc(CCI)ccc1O. The van der Waals surface area contributed by atoms with Crippen LogP contribution in [-0.4, -0.2) is 31.6 Å². The molecule has 3 rings (SSSR count). The van der Waals surface area contributed by atoms with Gasteiger partial charge < -0.3 is 21.7 Å². The smallest absolute Gasteiger partial charge is 0.153 e. The number of aryl methyl sites for hydroxylation is 2. The molecule has 0 spiro atoms. The van der Waals surface area contributed by atoms with E-state index >= 15 is 0 Å². The van der Waals surface area contributed by atoms with Crippen molar-refractivity contribution in [3.05, 3.63) is 82.9 Å². The Hall–Kier alpha value is -2.34. The maximum absolute atomic E-state index is 10.4. The van der Waals surface area contributed by atoms with Crippen LogP contribution in [0.5, 0.6) is 11.5 Å². The monoisotopic (exact) mass is 660 g/mol. The number of para-hydroxylation sites is 2. The van der Waals surface area contributed by atoms with E-state index in [2.05, 4.69) is 45.2 Å². The molecule has 6 nitrogen and oxygen atoms in total. The number of rotatable bonds is 6. The van der Waals surface area contributed by atoms with E-state index in [4.69, 9.17) is 11.5 Å². The Balaban J connectivity index is 0.000000245. The summed E-state index contributed by atoms with van der Waals surface area (Å²) in [4.78, 5) is 20.8.